The predicted molar refractivity (Wildman–Crippen MR) is 70.9 cm³/mol. The van der Waals surface area contributed by atoms with E-state index in [-0.39, 0.29) is 12.3 Å². The summed E-state index contributed by atoms with van der Waals surface area (Å²) in [6.45, 7) is 3.49. The second-order valence-electron chi connectivity index (χ2n) is 5.53. The lowest BCUT2D eigenvalue weighted by Crippen LogP contribution is -2.59. The molecule has 2 saturated heterocycles. The van der Waals surface area contributed by atoms with Gasteiger partial charge in [-0.15, -0.1) is 0 Å². The number of piperazine rings is 1. The Labute approximate surface area is 113 Å². The molecule has 2 rings (SSSR count). The second-order valence-corrected chi connectivity index (χ2v) is 5.53. The number of rotatable bonds is 3. The van der Waals surface area contributed by atoms with Crippen molar-refractivity contribution in [2.45, 2.75) is 37.8 Å². The lowest BCUT2D eigenvalue weighted by atomic mass is 10.0. The van der Waals surface area contributed by atoms with E-state index in [1.165, 1.54) is 0 Å². The molecule has 2 fully saturated rings. The summed E-state index contributed by atoms with van der Waals surface area (Å²) in [6.07, 6.45) is 3.07. The van der Waals surface area contributed by atoms with Crippen LogP contribution in [0, 0.1) is 0 Å². The maximum atomic E-state index is 11.9. The molecule has 0 aliphatic carbocycles. The van der Waals surface area contributed by atoms with Crippen LogP contribution < -0.4 is 5.32 Å². The van der Waals surface area contributed by atoms with Crippen molar-refractivity contribution in [2.75, 3.05) is 33.2 Å². The van der Waals surface area contributed by atoms with Crippen molar-refractivity contribution < 1.29 is 14.7 Å². The zero-order valence-electron chi connectivity index (χ0n) is 11.5. The minimum atomic E-state index is -0.905. The number of hydrogen-bond donors (Lipinski definition) is 2. The molecule has 2 aliphatic heterocycles. The Kier molecular flexibility index (Phi) is 4.76. The Balaban J connectivity index is 2.05. The van der Waals surface area contributed by atoms with Crippen LogP contribution in [0.15, 0.2) is 0 Å². The van der Waals surface area contributed by atoms with Crippen LogP contribution in [0.1, 0.15) is 25.7 Å². The van der Waals surface area contributed by atoms with Crippen LogP contribution in [0.5, 0.6) is 0 Å². The number of nitrogens with zero attached hydrogens (tertiary/aromatic N) is 2. The first-order valence-electron chi connectivity index (χ1n) is 7.01. The third kappa shape index (κ3) is 3.67. The summed E-state index contributed by atoms with van der Waals surface area (Å²) in [7, 11) is 2.11. The van der Waals surface area contributed by atoms with Gasteiger partial charge in [-0.05, 0) is 39.4 Å². The van der Waals surface area contributed by atoms with E-state index >= 15 is 0 Å². The molecule has 2 unspecified atom stereocenters. The highest BCUT2D eigenvalue weighted by Gasteiger charge is 2.36. The highest BCUT2D eigenvalue weighted by molar-refractivity contribution is 5.86. The number of hydrogen-bond acceptors (Lipinski definition) is 4. The summed E-state index contributed by atoms with van der Waals surface area (Å²) < 4.78 is 0. The van der Waals surface area contributed by atoms with Gasteiger partial charge in [-0.1, -0.05) is 0 Å². The molecule has 2 heterocycles. The Morgan fingerprint density at radius 2 is 2.16 bits per heavy atom. The standard InChI is InChI=1S/C13H23N3O3/c1-15-6-2-3-10(4-7-15)16-8-5-14-13(19)11(16)9-12(17)18/h10-11H,2-9H2,1H3,(H,14,19)(H,17,18). The number of carboxylic acids is 1. The van der Waals surface area contributed by atoms with Crippen molar-refractivity contribution in [2.24, 2.45) is 0 Å². The molecule has 1 amide bonds. The summed E-state index contributed by atoms with van der Waals surface area (Å²) in [5.41, 5.74) is 0. The largest absolute Gasteiger partial charge is 0.481 e. The topological polar surface area (TPSA) is 72.9 Å². The van der Waals surface area contributed by atoms with Crippen LogP contribution >= 0.6 is 0 Å². The molecule has 0 bridgehead atoms. The molecule has 108 valence electrons. The summed E-state index contributed by atoms with van der Waals surface area (Å²) in [4.78, 5) is 27.3. The number of likely N-dealkylation sites (tertiary alicyclic amines) is 1. The molecule has 0 aromatic heterocycles. The van der Waals surface area contributed by atoms with Crippen LogP contribution in [-0.4, -0.2) is 72.1 Å². The summed E-state index contributed by atoms with van der Waals surface area (Å²) >= 11 is 0. The molecule has 0 aromatic rings. The van der Waals surface area contributed by atoms with Gasteiger partial charge in [0.1, 0.15) is 0 Å². The Bertz CT molecular complexity index is 348. The van der Waals surface area contributed by atoms with E-state index in [9.17, 15) is 9.59 Å². The third-order valence-electron chi connectivity index (χ3n) is 4.13. The van der Waals surface area contributed by atoms with E-state index in [0.717, 1.165) is 38.9 Å². The number of carboxylic acid groups (broad SMARTS) is 1. The zero-order chi connectivity index (χ0) is 13.8. The van der Waals surface area contributed by atoms with E-state index in [1.54, 1.807) is 0 Å². The first-order valence-corrected chi connectivity index (χ1v) is 7.01. The molecular weight excluding hydrogens is 246 g/mol. The molecule has 0 radical (unpaired) electrons. The van der Waals surface area contributed by atoms with Gasteiger partial charge in [-0.2, -0.15) is 0 Å². The lowest BCUT2D eigenvalue weighted by molar-refractivity contribution is -0.144. The van der Waals surface area contributed by atoms with Crippen molar-refractivity contribution in [3.8, 4) is 0 Å². The zero-order valence-corrected chi connectivity index (χ0v) is 11.5. The average Bonchev–Trinajstić information content (AvgIpc) is 2.56. The third-order valence-corrected chi connectivity index (χ3v) is 4.13. The molecule has 19 heavy (non-hydrogen) atoms. The van der Waals surface area contributed by atoms with Crippen molar-refractivity contribution >= 4 is 11.9 Å². The van der Waals surface area contributed by atoms with E-state index in [0.29, 0.717) is 12.6 Å². The number of amides is 1. The Morgan fingerprint density at radius 1 is 1.37 bits per heavy atom. The van der Waals surface area contributed by atoms with E-state index in [2.05, 4.69) is 22.2 Å². The number of carbonyl (C=O) groups is 2. The molecule has 2 N–H and O–H groups in total. The van der Waals surface area contributed by atoms with Gasteiger partial charge in [-0.25, -0.2) is 0 Å². The maximum Gasteiger partial charge on any atom is 0.305 e. The monoisotopic (exact) mass is 269 g/mol. The fourth-order valence-electron chi connectivity index (χ4n) is 3.10. The maximum absolute atomic E-state index is 11.9. The van der Waals surface area contributed by atoms with E-state index in [1.807, 2.05) is 0 Å². The van der Waals surface area contributed by atoms with Gasteiger partial charge in [0, 0.05) is 19.1 Å². The highest BCUT2D eigenvalue weighted by Crippen LogP contribution is 2.21. The van der Waals surface area contributed by atoms with Crippen LogP contribution in [0.2, 0.25) is 0 Å². The minimum Gasteiger partial charge on any atom is -0.481 e. The first kappa shape index (κ1) is 14.3. The summed E-state index contributed by atoms with van der Waals surface area (Å²) in [5, 5.41) is 11.8. The predicted octanol–water partition coefficient (Wildman–Crippen LogP) is -0.254. The van der Waals surface area contributed by atoms with Gasteiger partial charge in [0.05, 0.1) is 12.5 Å². The van der Waals surface area contributed by atoms with Crippen LogP contribution in [0.4, 0.5) is 0 Å². The van der Waals surface area contributed by atoms with Gasteiger partial charge < -0.3 is 15.3 Å². The lowest BCUT2D eigenvalue weighted by Gasteiger charge is -2.39. The van der Waals surface area contributed by atoms with E-state index < -0.39 is 12.0 Å². The average molecular weight is 269 g/mol. The van der Waals surface area contributed by atoms with Crippen molar-refractivity contribution in [1.82, 2.24) is 15.1 Å². The fraction of sp³-hybridized carbons (Fsp3) is 0.846. The SMILES string of the molecule is CN1CCCC(N2CCNC(=O)C2CC(=O)O)CC1. The van der Waals surface area contributed by atoms with Crippen LogP contribution in [0.3, 0.4) is 0 Å². The first-order chi connectivity index (χ1) is 9.08. The van der Waals surface area contributed by atoms with Gasteiger partial charge in [0.25, 0.3) is 0 Å². The molecule has 6 heteroatoms. The fourth-order valence-corrected chi connectivity index (χ4v) is 3.10. The van der Waals surface area contributed by atoms with Crippen molar-refractivity contribution in [3.63, 3.8) is 0 Å². The van der Waals surface area contributed by atoms with E-state index in [4.69, 9.17) is 5.11 Å². The summed E-state index contributed by atoms with van der Waals surface area (Å²) in [6, 6.07) is -0.167. The van der Waals surface area contributed by atoms with Gasteiger partial charge in [0.15, 0.2) is 0 Å². The molecule has 2 atom stereocenters. The van der Waals surface area contributed by atoms with Gasteiger partial charge >= 0.3 is 5.97 Å². The quantitative estimate of drug-likeness (QED) is 0.739. The number of nitrogens with one attached hydrogen (secondary N) is 1. The highest BCUT2D eigenvalue weighted by atomic mass is 16.4. The van der Waals surface area contributed by atoms with Crippen LogP contribution in [0.25, 0.3) is 0 Å². The molecule has 0 aromatic carbocycles. The molecule has 2 aliphatic rings. The Hall–Kier alpha value is -1.14. The number of carbonyl (C=O) groups excluding carboxylic acids is 1. The normalized spacial score (nSPS) is 30.7. The van der Waals surface area contributed by atoms with Crippen LogP contribution in [-0.2, 0) is 9.59 Å². The smallest absolute Gasteiger partial charge is 0.305 e. The minimum absolute atomic E-state index is 0.0990. The van der Waals surface area contributed by atoms with Crippen molar-refractivity contribution in [3.05, 3.63) is 0 Å². The second kappa shape index (κ2) is 6.34. The van der Waals surface area contributed by atoms with Gasteiger partial charge in [-0.3, -0.25) is 14.5 Å². The van der Waals surface area contributed by atoms with Crippen molar-refractivity contribution in [1.29, 1.82) is 0 Å². The van der Waals surface area contributed by atoms with Gasteiger partial charge in [0.2, 0.25) is 5.91 Å². The molecule has 0 saturated carbocycles. The molecule has 6 nitrogen and oxygen atoms in total. The molecular formula is C13H23N3O3. The number of aliphatic carboxylic acids is 1. The molecule has 0 spiro atoms. The Morgan fingerprint density at radius 3 is 2.89 bits per heavy atom. The summed E-state index contributed by atoms with van der Waals surface area (Å²) in [5.74, 6) is -1.04.